The van der Waals surface area contributed by atoms with E-state index in [0.717, 1.165) is 24.8 Å². The van der Waals surface area contributed by atoms with Gasteiger partial charge in [-0.05, 0) is 54.8 Å². The Labute approximate surface area is 252 Å². The number of anilines is 2. The largest absolute Gasteiger partial charge is 0.497 e. The van der Waals surface area contributed by atoms with Crippen molar-refractivity contribution in [3.63, 3.8) is 0 Å². The Kier molecular flexibility index (Phi) is 11.2. The molecule has 0 bridgehead atoms. The van der Waals surface area contributed by atoms with Gasteiger partial charge in [0.2, 0.25) is 0 Å². The van der Waals surface area contributed by atoms with Crippen LogP contribution in [-0.2, 0) is 25.5 Å². The molecule has 9 nitrogen and oxygen atoms in total. The average Bonchev–Trinajstić information content (AvgIpc) is 3.55. The van der Waals surface area contributed by atoms with Crippen molar-refractivity contribution in [2.24, 2.45) is 0 Å². The zero-order valence-corrected chi connectivity index (χ0v) is 25.1. The fourth-order valence-electron chi connectivity index (χ4n) is 5.31. The van der Waals surface area contributed by atoms with Crippen LogP contribution in [0.3, 0.4) is 0 Å². The van der Waals surface area contributed by atoms with E-state index in [1.165, 1.54) is 68.0 Å². The van der Waals surface area contributed by atoms with Crippen molar-refractivity contribution in [1.29, 1.82) is 0 Å². The molecular formula is C32H39ClN2O7. The molecule has 2 aromatic rings. The van der Waals surface area contributed by atoms with Gasteiger partial charge in [-0.3, -0.25) is 9.59 Å². The Morgan fingerprint density at radius 3 is 2.31 bits per heavy atom. The molecule has 226 valence electrons. The number of amides is 3. The molecule has 0 N–H and O–H groups in total. The minimum Gasteiger partial charge on any atom is -0.497 e. The molecule has 2 aliphatic rings. The Balaban J connectivity index is 1.31. The highest BCUT2D eigenvalue weighted by Gasteiger charge is 2.49. The molecule has 1 unspecified atom stereocenters. The van der Waals surface area contributed by atoms with E-state index in [1.54, 1.807) is 19.2 Å². The van der Waals surface area contributed by atoms with E-state index < -0.39 is 30.0 Å². The number of carbonyl (C=O) groups is 4. The number of halogens is 1. The van der Waals surface area contributed by atoms with Gasteiger partial charge >= 0.3 is 12.1 Å². The maximum absolute atomic E-state index is 13.3. The zero-order valence-electron chi connectivity index (χ0n) is 24.4. The number of cyclic esters (lactones) is 1. The molecule has 10 heteroatoms. The van der Waals surface area contributed by atoms with E-state index in [0.29, 0.717) is 29.3 Å². The highest BCUT2D eigenvalue weighted by molar-refractivity contribution is 6.36. The molecule has 4 rings (SSSR count). The molecule has 2 aliphatic heterocycles. The standard InChI is InChI=1S/C32H39ClN2O7/c1-3-4-5-6-7-8-9-10-11-12-19-41-31(38)23-13-15-25(33)27(21-23)35-30(37)28(42-32(35)39)29(36)34-18-17-22-20-24(40-2)14-16-26(22)34/h13-16,20-21,28H,3-12,17-19H2,1-2H3. The number of fused-ring (bicyclic) bond motifs is 1. The van der Waals surface area contributed by atoms with Crippen LogP contribution in [0.4, 0.5) is 16.2 Å². The molecule has 0 aliphatic carbocycles. The number of nitrogens with zero attached hydrogens (tertiary/aromatic N) is 2. The predicted octanol–water partition coefficient (Wildman–Crippen LogP) is 6.87. The van der Waals surface area contributed by atoms with Crippen LogP contribution in [-0.4, -0.2) is 50.2 Å². The third-order valence-corrected chi connectivity index (χ3v) is 7.99. The van der Waals surface area contributed by atoms with Gasteiger partial charge in [-0.25, -0.2) is 14.5 Å². The molecule has 2 heterocycles. The summed E-state index contributed by atoms with van der Waals surface area (Å²) in [5.41, 5.74) is 1.62. The molecule has 2 aromatic carbocycles. The van der Waals surface area contributed by atoms with Crippen molar-refractivity contribution < 1.29 is 33.4 Å². The number of ether oxygens (including phenoxy) is 3. The first-order valence-corrected chi connectivity index (χ1v) is 15.2. The van der Waals surface area contributed by atoms with Crippen LogP contribution in [0.15, 0.2) is 36.4 Å². The summed E-state index contributed by atoms with van der Waals surface area (Å²) in [7, 11) is 1.56. The topological polar surface area (TPSA) is 102 Å². The maximum atomic E-state index is 13.3. The molecule has 3 amide bonds. The van der Waals surface area contributed by atoms with E-state index in [2.05, 4.69) is 6.92 Å². The minimum absolute atomic E-state index is 0.0399. The van der Waals surface area contributed by atoms with Crippen molar-refractivity contribution in [3.8, 4) is 5.75 Å². The van der Waals surface area contributed by atoms with Gasteiger partial charge in [0, 0.05) is 12.2 Å². The van der Waals surface area contributed by atoms with Crippen molar-refractivity contribution in [1.82, 2.24) is 0 Å². The van der Waals surface area contributed by atoms with Crippen LogP contribution in [0.2, 0.25) is 5.02 Å². The molecule has 42 heavy (non-hydrogen) atoms. The molecule has 0 radical (unpaired) electrons. The molecule has 1 atom stereocenters. The van der Waals surface area contributed by atoms with Gasteiger partial charge < -0.3 is 19.1 Å². The minimum atomic E-state index is -1.66. The Hall–Kier alpha value is -3.59. The second-order valence-electron chi connectivity index (χ2n) is 10.7. The number of rotatable bonds is 15. The smallest absolute Gasteiger partial charge is 0.422 e. The third-order valence-electron chi connectivity index (χ3n) is 7.67. The van der Waals surface area contributed by atoms with Gasteiger partial charge in [-0.1, -0.05) is 76.3 Å². The first-order valence-electron chi connectivity index (χ1n) is 14.8. The van der Waals surface area contributed by atoms with Gasteiger partial charge in [0.05, 0.1) is 30.0 Å². The van der Waals surface area contributed by atoms with Gasteiger partial charge in [0.15, 0.2) is 0 Å². The van der Waals surface area contributed by atoms with Crippen LogP contribution >= 0.6 is 11.6 Å². The molecule has 0 aromatic heterocycles. The number of hydrogen-bond donors (Lipinski definition) is 0. The van der Waals surface area contributed by atoms with Gasteiger partial charge in [-0.2, -0.15) is 0 Å². The quantitative estimate of drug-likeness (QED) is 0.125. The maximum Gasteiger partial charge on any atom is 0.422 e. The number of unbranched alkanes of at least 4 members (excludes halogenated alkanes) is 9. The normalized spacial score (nSPS) is 16.0. The lowest BCUT2D eigenvalue weighted by atomic mass is 10.1. The van der Waals surface area contributed by atoms with Crippen LogP contribution in [0, 0.1) is 0 Å². The molecule has 0 saturated carbocycles. The van der Waals surface area contributed by atoms with Crippen molar-refractivity contribution >= 4 is 46.9 Å². The number of benzene rings is 2. The molecular weight excluding hydrogens is 560 g/mol. The van der Waals surface area contributed by atoms with Crippen molar-refractivity contribution in [2.45, 2.75) is 83.7 Å². The van der Waals surface area contributed by atoms with E-state index in [4.69, 9.17) is 25.8 Å². The first kappa shape index (κ1) is 31.3. The van der Waals surface area contributed by atoms with Gasteiger partial charge in [-0.15, -0.1) is 0 Å². The lowest BCUT2D eigenvalue weighted by molar-refractivity contribution is -0.134. The van der Waals surface area contributed by atoms with Crippen LogP contribution in [0.1, 0.15) is 87.1 Å². The summed E-state index contributed by atoms with van der Waals surface area (Å²) < 4.78 is 15.9. The number of hydrogen-bond acceptors (Lipinski definition) is 7. The van der Waals surface area contributed by atoms with E-state index in [9.17, 15) is 19.2 Å². The number of carbonyl (C=O) groups excluding carboxylic acids is 4. The second kappa shape index (κ2) is 15.0. The number of methoxy groups -OCH3 is 1. The lowest BCUT2D eigenvalue weighted by Gasteiger charge is -2.19. The van der Waals surface area contributed by atoms with Gasteiger partial charge in [0.1, 0.15) is 5.75 Å². The second-order valence-corrected chi connectivity index (χ2v) is 11.1. The van der Waals surface area contributed by atoms with Crippen molar-refractivity contribution in [2.75, 3.05) is 30.1 Å². The first-order chi connectivity index (χ1) is 20.3. The highest BCUT2D eigenvalue weighted by atomic mass is 35.5. The molecule has 0 spiro atoms. The summed E-state index contributed by atoms with van der Waals surface area (Å²) in [6, 6.07) is 9.48. The Morgan fingerprint density at radius 1 is 0.929 bits per heavy atom. The monoisotopic (exact) mass is 598 g/mol. The number of esters is 1. The summed E-state index contributed by atoms with van der Waals surface area (Å²) in [4.78, 5) is 54.2. The summed E-state index contributed by atoms with van der Waals surface area (Å²) in [5.74, 6) is -1.44. The van der Waals surface area contributed by atoms with Crippen molar-refractivity contribution in [3.05, 3.63) is 52.5 Å². The summed E-state index contributed by atoms with van der Waals surface area (Å²) in [6.45, 7) is 2.83. The predicted molar refractivity (Wildman–Crippen MR) is 160 cm³/mol. The highest BCUT2D eigenvalue weighted by Crippen LogP contribution is 2.35. The number of imide groups is 1. The SMILES string of the molecule is CCCCCCCCCCCCOC(=O)c1ccc(Cl)c(N2C(=O)OC(C(=O)N3CCc4cc(OC)ccc43)C2=O)c1. The fraction of sp³-hybridized carbons (Fsp3) is 0.500. The summed E-state index contributed by atoms with van der Waals surface area (Å²) in [5, 5.41) is 0.0539. The fourth-order valence-corrected chi connectivity index (χ4v) is 5.51. The Bertz CT molecular complexity index is 1300. The lowest BCUT2D eigenvalue weighted by Crippen LogP contribution is -2.43. The third kappa shape index (κ3) is 7.43. The van der Waals surface area contributed by atoms with E-state index >= 15 is 0 Å². The summed E-state index contributed by atoms with van der Waals surface area (Å²) in [6.07, 6.45) is 9.60. The molecule has 1 saturated heterocycles. The average molecular weight is 599 g/mol. The van der Waals surface area contributed by atoms with Gasteiger partial charge in [0.25, 0.3) is 17.9 Å². The summed E-state index contributed by atoms with van der Waals surface area (Å²) >= 11 is 6.32. The van der Waals surface area contributed by atoms with Crippen LogP contribution in [0.5, 0.6) is 5.75 Å². The van der Waals surface area contributed by atoms with Crippen LogP contribution in [0.25, 0.3) is 0 Å². The molecule has 1 fully saturated rings. The zero-order chi connectivity index (χ0) is 30.1. The van der Waals surface area contributed by atoms with Crippen LogP contribution < -0.4 is 14.5 Å². The van der Waals surface area contributed by atoms with E-state index in [-0.39, 0.29) is 22.9 Å². The van der Waals surface area contributed by atoms with E-state index in [1.807, 2.05) is 6.07 Å². The Morgan fingerprint density at radius 2 is 1.62 bits per heavy atom.